The zero-order chi connectivity index (χ0) is 13.9. The van der Waals surface area contributed by atoms with E-state index in [4.69, 9.17) is 11.6 Å². The molecule has 0 saturated carbocycles. The molecule has 0 aromatic carbocycles. The summed E-state index contributed by atoms with van der Waals surface area (Å²) in [5.41, 5.74) is 0. The van der Waals surface area contributed by atoms with E-state index in [-0.39, 0.29) is 16.7 Å². The fourth-order valence-electron chi connectivity index (χ4n) is 1.40. The average molecular weight is 318 g/mol. The van der Waals surface area contributed by atoms with E-state index in [1.54, 1.807) is 11.3 Å². The third kappa shape index (κ3) is 3.73. The third-order valence-corrected chi connectivity index (χ3v) is 5.19. The summed E-state index contributed by atoms with van der Waals surface area (Å²) in [6, 6.07) is 3.92. The van der Waals surface area contributed by atoms with Crippen molar-refractivity contribution in [3.63, 3.8) is 0 Å². The van der Waals surface area contributed by atoms with Crippen LogP contribution in [0.3, 0.4) is 0 Å². The van der Waals surface area contributed by atoms with Gasteiger partial charge in [-0.15, -0.1) is 11.3 Å². The van der Waals surface area contributed by atoms with Gasteiger partial charge in [0.2, 0.25) is 15.3 Å². The number of aryl methyl sites for hydroxylation is 1. The first kappa shape index (κ1) is 14.4. The molecule has 2 aromatic heterocycles. The van der Waals surface area contributed by atoms with Gasteiger partial charge in [0.1, 0.15) is 4.90 Å². The number of nitrogens with one attached hydrogen (secondary N) is 1. The summed E-state index contributed by atoms with van der Waals surface area (Å²) in [4.78, 5) is 9.51. The van der Waals surface area contributed by atoms with Gasteiger partial charge >= 0.3 is 0 Å². The van der Waals surface area contributed by atoms with Gasteiger partial charge in [-0.2, -0.15) is 0 Å². The molecule has 0 fully saturated rings. The Hall–Kier alpha value is -1.02. The zero-order valence-corrected chi connectivity index (χ0v) is 12.5. The Kier molecular flexibility index (Phi) is 4.51. The molecule has 2 rings (SSSR count). The number of nitrogens with zero attached hydrogens (tertiary/aromatic N) is 2. The third-order valence-electron chi connectivity index (χ3n) is 2.41. The Balaban J connectivity index is 2.07. The predicted octanol–water partition coefficient (Wildman–Crippen LogP) is 2.23. The Morgan fingerprint density at radius 1 is 1.26 bits per heavy atom. The van der Waals surface area contributed by atoms with Crippen molar-refractivity contribution in [1.29, 1.82) is 0 Å². The van der Waals surface area contributed by atoms with Crippen LogP contribution in [-0.2, 0) is 23.0 Å². The van der Waals surface area contributed by atoms with E-state index < -0.39 is 10.0 Å². The van der Waals surface area contributed by atoms with Gasteiger partial charge in [0.05, 0.1) is 12.4 Å². The second kappa shape index (κ2) is 5.96. The molecule has 0 unspecified atom stereocenters. The summed E-state index contributed by atoms with van der Waals surface area (Å²) in [5.74, 6) is 0. The van der Waals surface area contributed by atoms with E-state index in [0.29, 0.717) is 0 Å². The fraction of sp³-hybridized carbons (Fsp3) is 0.273. The van der Waals surface area contributed by atoms with Crippen LogP contribution in [0.2, 0.25) is 5.28 Å². The smallest absolute Gasteiger partial charge is 0.225 e. The molecule has 2 heterocycles. The summed E-state index contributed by atoms with van der Waals surface area (Å²) in [6.07, 6.45) is 3.32. The van der Waals surface area contributed by atoms with Gasteiger partial charge in [0.15, 0.2) is 0 Å². The molecule has 0 atom stereocenters. The van der Waals surface area contributed by atoms with Crippen LogP contribution in [0.25, 0.3) is 0 Å². The summed E-state index contributed by atoms with van der Waals surface area (Å²) >= 11 is 7.11. The van der Waals surface area contributed by atoms with Crippen molar-refractivity contribution >= 4 is 33.0 Å². The molecule has 2 aromatic rings. The van der Waals surface area contributed by atoms with Crippen molar-refractivity contribution < 1.29 is 8.42 Å². The molecule has 0 aliphatic rings. The molecule has 0 bridgehead atoms. The average Bonchev–Trinajstić information content (AvgIpc) is 2.85. The number of hydrogen-bond acceptors (Lipinski definition) is 5. The molecule has 8 heteroatoms. The summed E-state index contributed by atoms with van der Waals surface area (Å²) < 4.78 is 26.4. The first-order valence-electron chi connectivity index (χ1n) is 5.56. The summed E-state index contributed by atoms with van der Waals surface area (Å²) in [5, 5.41) is 0.0183. The molecule has 0 radical (unpaired) electrons. The van der Waals surface area contributed by atoms with Crippen LogP contribution in [0.15, 0.2) is 29.4 Å². The Morgan fingerprint density at radius 2 is 1.89 bits per heavy atom. The van der Waals surface area contributed by atoms with Gasteiger partial charge < -0.3 is 0 Å². The van der Waals surface area contributed by atoms with Gasteiger partial charge in [0, 0.05) is 16.3 Å². The topological polar surface area (TPSA) is 72.0 Å². The minimum atomic E-state index is -3.60. The normalized spacial score (nSPS) is 11.7. The standard InChI is InChI=1S/C11H12ClN3O2S2/c1-2-8-3-4-9(18-8)5-15-19(16,17)10-6-13-11(12)14-7-10/h3-4,6-7,15H,2,5H2,1H3. The molecule has 0 spiro atoms. The lowest BCUT2D eigenvalue weighted by atomic mass is 10.4. The fourth-order valence-corrected chi connectivity index (χ4v) is 3.38. The molecule has 1 N–H and O–H groups in total. The van der Waals surface area contributed by atoms with Crippen LogP contribution in [-0.4, -0.2) is 18.4 Å². The minimum Gasteiger partial charge on any atom is -0.225 e. The quantitative estimate of drug-likeness (QED) is 0.858. The molecule has 0 aliphatic heterocycles. The van der Waals surface area contributed by atoms with E-state index in [1.165, 1.54) is 17.3 Å². The van der Waals surface area contributed by atoms with Crippen LogP contribution in [0.1, 0.15) is 16.7 Å². The lowest BCUT2D eigenvalue weighted by Crippen LogP contribution is -2.23. The van der Waals surface area contributed by atoms with E-state index >= 15 is 0 Å². The van der Waals surface area contributed by atoms with Crippen LogP contribution in [0.4, 0.5) is 0 Å². The summed E-state index contributed by atoms with van der Waals surface area (Å²) in [7, 11) is -3.60. The van der Waals surface area contributed by atoms with Crippen molar-refractivity contribution in [3.8, 4) is 0 Å². The maximum absolute atomic E-state index is 12.0. The largest absolute Gasteiger partial charge is 0.243 e. The zero-order valence-electron chi connectivity index (χ0n) is 10.1. The first-order valence-corrected chi connectivity index (χ1v) is 8.24. The summed E-state index contributed by atoms with van der Waals surface area (Å²) in [6.45, 7) is 2.32. The van der Waals surface area contributed by atoms with Gasteiger partial charge in [-0.05, 0) is 30.2 Å². The number of thiophene rings is 1. The number of sulfonamides is 1. The highest BCUT2D eigenvalue weighted by Gasteiger charge is 2.15. The number of halogens is 1. The monoisotopic (exact) mass is 317 g/mol. The van der Waals surface area contributed by atoms with Gasteiger partial charge in [-0.3, -0.25) is 0 Å². The molecule has 0 amide bonds. The molecule has 5 nitrogen and oxygen atoms in total. The molecule has 0 aliphatic carbocycles. The first-order chi connectivity index (χ1) is 9.01. The van der Waals surface area contributed by atoms with Crippen molar-refractivity contribution in [1.82, 2.24) is 14.7 Å². The highest BCUT2D eigenvalue weighted by atomic mass is 35.5. The lowest BCUT2D eigenvalue weighted by molar-refractivity contribution is 0.581. The Labute approximate surface area is 120 Å². The molecular weight excluding hydrogens is 306 g/mol. The van der Waals surface area contributed by atoms with E-state index in [9.17, 15) is 8.42 Å². The SMILES string of the molecule is CCc1ccc(CNS(=O)(=O)c2cnc(Cl)nc2)s1. The Bertz CT molecular complexity index is 653. The Morgan fingerprint density at radius 3 is 2.47 bits per heavy atom. The maximum atomic E-state index is 12.0. The molecule has 102 valence electrons. The van der Waals surface area contributed by atoms with Crippen LogP contribution >= 0.6 is 22.9 Å². The molecule has 0 saturated heterocycles. The highest BCUT2D eigenvalue weighted by molar-refractivity contribution is 7.89. The molecular formula is C11H12ClN3O2S2. The number of rotatable bonds is 5. The number of aromatic nitrogens is 2. The minimum absolute atomic E-state index is 0.00386. The van der Waals surface area contributed by atoms with Crippen molar-refractivity contribution in [2.45, 2.75) is 24.8 Å². The van der Waals surface area contributed by atoms with Crippen LogP contribution in [0, 0.1) is 0 Å². The van der Waals surface area contributed by atoms with Crippen molar-refractivity contribution in [3.05, 3.63) is 39.6 Å². The van der Waals surface area contributed by atoms with Crippen LogP contribution < -0.4 is 4.72 Å². The number of hydrogen-bond donors (Lipinski definition) is 1. The maximum Gasteiger partial charge on any atom is 0.243 e. The van der Waals surface area contributed by atoms with E-state index in [2.05, 4.69) is 21.6 Å². The van der Waals surface area contributed by atoms with Gasteiger partial charge in [-0.25, -0.2) is 23.1 Å². The second-order valence-electron chi connectivity index (χ2n) is 3.73. The lowest BCUT2D eigenvalue weighted by Gasteiger charge is -2.04. The van der Waals surface area contributed by atoms with E-state index in [0.717, 1.165) is 11.3 Å². The van der Waals surface area contributed by atoms with Crippen molar-refractivity contribution in [2.75, 3.05) is 0 Å². The highest BCUT2D eigenvalue weighted by Crippen LogP contribution is 2.17. The van der Waals surface area contributed by atoms with E-state index in [1.807, 2.05) is 12.1 Å². The van der Waals surface area contributed by atoms with Gasteiger partial charge in [0.25, 0.3) is 0 Å². The predicted molar refractivity (Wildman–Crippen MR) is 74.8 cm³/mol. The van der Waals surface area contributed by atoms with Crippen LogP contribution in [0.5, 0.6) is 0 Å². The van der Waals surface area contributed by atoms with Crippen molar-refractivity contribution in [2.24, 2.45) is 0 Å². The molecule has 19 heavy (non-hydrogen) atoms. The van der Waals surface area contributed by atoms with Gasteiger partial charge in [-0.1, -0.05) is 6.92 Å². The second-order valence-corrected chi connectivity index (χ2v) is 7.09.